The second-order valence-electron chi connectivity index (χ2n) is 4.79. The van der Waals surface area contributed by atoms with Gasteiger partial charge in [0.1, 0.15) is 0 Å². The molecule has 1 unspecified atom stereocenters. The van der Waals surface area contributed by atoms with E-state index in [1.807, 2.05) is 0 Å². The third kappa shape index (κ3) is 3.14. The predicted molar refractivity (Wildman–Crippen MR) is 93.3 cm³/mol. The van der Waals surface area contributed by atoms with Gasteiger partial charge in [-0.3, -0.25) is 0 Å². The van der Waals surface area contributed by atoms with Crippen LogP contribution in [-0.2, 0) is 0 Å². The van der Waals surface area contributed by atoms with Gasteiger partial charge < -0.3 is 0 Å². The SMILES string of the molecule is Cc1cc(Br)c(C(Br)c2c(C)cccc2C)cc1Br. The Hall–Kier alpha value is -0.120. The van der Waals surface area contributed by atoms with Crippen LogP contribution in [0.4, 0.5) is 0 Å². The highest BCUT2D eigenvalue weighted by Gasteiger charge is 2.18. The largest absolute Gasteiger partial charge is 0.0786 e. The fraction of sp³-hybridized carbons (Fsp3) is 0.250. The van der Waals surface area contributed by atoms with Crippen LogP contribution in [0, 0.1) is 20.8 Å². The molecule has 0 saturated heterocycles. The highest BCUT2D eigenvalue weighted by Crippen LogP contribution is 2.40. The van der Waals surface area contributed by atoms with E-state index in [1.54, 1.807) is 0 Å². The lowest BCUT2D eigenvalue weighted by Crippen LogP contribution is -2.00. The van der Waals surface area contributed by atoms with E-state index in [2.05, 4.69) is 98.9 Å². The molecule has 0 radical (unpaired) electrons. The fourth-order valence-electron chi connectivity index (χ4n) is 2.24. The Bertz CT molecular complexity index is 597. The van der Waals surface area contributed by atoms with Crippen molar-refractivity contribution in [3.63, 3.8) is 0 Å². The third-order valence-corrected chi connectivity index (χ3v) is 5.84. The first-order chi connectivity index (χ1) is 8.91. The van der Waals surface area contributed by atoms with E-state index in [-0.39, 0.29) is 4.83 Å². The fourth-order valence-corrected chi connectivity index (χ4v) is 4.69. The van der Waals surface area contributed by atoms with E-state index in [4.69, 9.17) is 0 Å². The molecule has 0 saturated carbocycles. The zero-order valence-corrected chi connectivity index (χ0v) is 15.9. The Labute approximate surface area is 140 Å². The molecule has 3 heteroatoms. The van der Waals surface area contributed by atoms with Gasteiger partial charge in [0.2, 0.25) is 0 Å². The normalized spacial score (nSPS) is 12.5. The molecule has 0 heterocycles. The molecule has 100 valence electrons. The maximum Gasteiger partial charge on any atom is 0.0661 e. The minimum absolute atomic E-state index is 0.194. The molecule has 0 aliphatic rings. The first-order valence-electron chi connectivity index (χ1n) is 6.07. The highest BCUT2D eigenvalue weighted by molar-refractivity contribution is 9.11. The van der Waals surface area contributed by atoms with Crippen molar-refractivity contribution in [1.29, 1.82) is 0 Å². The van der Waals surface area contributed by atoms with Gasteiger partial charge in [0, 0.05) is 8.95 Å². The molecule has 0 N–H and O–H groups in total. The monoisotopic (exact) mass is 444 g/mol. The highest BCUT2D eigenvalue weighted by atomic mass is 79.9. The molecule has 0 bridgehead atoms. The molecule has 0 aliphatic carbocycles. The minimum Gasteiger partial charge on any atom is -0.0786 e. The maximum absolute atomic E-state index is 3.85. The Kier molecular flexibility index (Phi) is 4.91. The van der Waals surface area contributed by atoms with Gasteiger partial charge in [0.15, 0.2) is 0 Å². The average Bonchev–Trinajstić information content (AvgIpc) is 2.33. The number of halogens is 3. The van der Waals surface area contributed by atoms with E-state index in [0.29, 0.717) is 0 Å². The van der Waals surface area contributed by atoms with Gasteiger partial charge in [0.05, 0.1) is 4.83 Å². The summed E-state index contributed by atoms with van der Waals surface area (Å²) >= 11 is 11.1. The van der Waals surface area contributed by atoms with Crippen LogP contribution in [0.1, 0.15) is 32.6 Å². The summed E-state index contributed by atoms with van der Waals surface area (Å²) in [5.41, 5.74) is 6.45. The molecule has 0 nitrogen and oxygen atoms in total. The molecule has 2 aromatic rings. The standard InChI is InChI=1S/C16H15Br3/c1-9-5-4-6-10(2)15(9)16(19)12-8-13(17)11(3)7-14(12)18/h4-8,16H,1-3H3. The van der Waals surface area contributed by atoms with Crippen LogP contribution >= 0.6 is 47.8 Å². The van der Waals surface area contributed by atoms with Crippen LogP contribution in [0.3, 0.4) is 0 Å². The summed E-state index contributed by atoms with van der Waals surface area (Å²) in [4.78, 5) is 0.194. The second-order valence-corrected chi connectivity index (χ2v) is 7.42. The van der Waals surface area contributed by atoms with Crippen LogP contribution in [0.5, 0.6) is 0 Å². The number of aryl methyl sites for hydroxylation is 3. The molecule has 1 atom stereocenters. The van der Waals surface area contributed by atoms with Crippen molar-refractivity contribution >= 4 is 47.8 Å². The van der Waals surface area contributed by atoms with Crippen molar-refractivity contribution in [3.05, 3.63) is 67.1 Å². The zero-order chi connectivity index (χ0) is 14.2. The Morgan fingerprint density at radius 3 is 2.00 bits per heavy atom. The Morgan fingerprint density at radius 2 is 1.42 bits per heavy atom. The van der Waals surface area contributed by atoms with Gasteiger partial charge in [-0.2, -0.15) is 0 Å². The predicted octanol–water partition coefficient (Wildman–Crippen LogP) is 6.62. The molecule has 0 fully saturated rings. The summed E-state index contributed by atoms with van der Waals surface area (Å²) in [7, 11) is 0. The van der Waals surface area contributed by atoms with Crippen LogP contribution < -0.4 is 0 Å². The van der Waals surface area contributed by atoms with Gasteiger partial charge in [0.25, 0.3) is 0 Å². The summed E-state index contributed by atoms with van der Waals surface area (Å²) in [6.07, 6.45) is 0. The van der Waals surface area contributed by atoms with Crippen molar-refractivity contribution in [1.82, 2.24) is 0 Å². The van der Waals surface area contributed by atoms with Crippen LogP contribution in [0.2, 0.25) is 0 Å². The van der Waals surface area contributed by atoms with E-state index in [0.717, 1.165) is 8.95 Å². The molecule has 2 rings (SSSR count). The molecule has 2 aromatic carbocycles. The van der Waals surface area contributed by atoms with Crippen LogP contribution in [-0.4, -0.2) is 0 Å². The smallest absolute Gasteiger partial charge is 0.0661 e. The van der Waals surface area contributed by atoms with Gasteiger partial charge in [-0.15, -0.1) is 0 Å². The number of hydrogen-bond acceptors (Lipinski definition) is 0. The maximum atomic E-state index is 3.85. The van der Waals surface area contributed by atoms with Crippen molar-refractivity contribution in [2.75, 3.05) is 0 Å². The number of benzene rings is 2. The van der Waals surface area contributed by atoms with Gasteiger partial charge in [-0.1, -0.05) is 66.0 Å². The van der Waals surface area contributed by atoms with Crippen LogP contribution in [0.15, 0.2) is 39.3 Å². The van der Waals surface area contributed by atoms with Crippen molar-refractivity contribution in [2.45, 2.75) is 25.6 Å². The van der Waals surface area contributed by atoms with Gasteiger partial charge in [-0.25, -0.2) is 0 Å². The Balaban J connectivity index is 2.56. The minimum atomic E-state index is 0.194. The van der Waals surface area contributed by atoms with E-state index in [9.17, 15) is 0 Å². The van der Waals surface area contributed by atoms with Crippen LogP contribution in [0.25, 0.3) is 0 Å². The number of hydrogen-bond donors (Lipinski definition) is 0. The first kappa shape index (κ1) is 15.3. The van der Waals surface area contributed by atoms with E-state index < -0.39 is 0 Å². The average molecular weight is 447 g/mol. The third-order valence-electron chi connectivity index (χ3n) is 3.35. The summed E-state index contributed by atoms with van der Waals surface area (Å²) in [5, 5.41) is 0. The lowest BCUT2D eigenvalue weighted by molar-refractivity contribution is 1.10. The molecule has 0 aliphatic heterocycles. The second kappa shape index (κ2) is 6.11. The Morgan fingerprint density at radius 1 is 0.842 bits per heavy atom. The molecule has 19 heavy (non-hydrogen) atoms. The summed E-state index contributed by atoms with van der Waals surface area (Å²) in [5.74, 6) is 0. The summed E-state index contributed by atoms with van der Waals surface area (Å²) < 4.78 is 2.28. The topological polar surface area (TPSA) is 0 Å². The molecule has 0 spiro atoms. The van der Waals surface area contributed by atoms with Gasteiger partial charge in [-0.05, 0) is 60.7 Å². The molecular formula is C16H15Br3. The van der Waals surface area contributed by atoms with Crippen molar-refractivity contribution in [2.24, 2.45) is 0 Å². The quantitative estimate of drug-likeness (QED) is 0.454. The molecule has 0 amide bonds. The van der Waals surface area contributed by atoms with E-state index in [1.165, 1.54) is 27.8 Å². The lowest BCUT2D eigenvalue weighted by atomic mass is 9.95. The van der Waals surface area contributed by atoms with E-state index >= 15 is 0 Å². The number of rotatable bonds is 2. The molecule has 0 aromatic heterocycles. The number of alkyl halides is 1. The van der Waals surface area contributed by atoms with Crippen molar-refractivity contribution in [3.8, 4) is 0 Å². The molecular weight excluding hydrogens is 432 g/mol. The van der Waals surface area contributed by atoms with Crippen molar-refractivity contribution < 1.29 is 0 Å². The van der Waals surface area contributed by atoms with Gasteiger partial charge >= 0.3 is 0 Å². The first-order valence-corrected chi connectivity index (χ1v) is 8.57. The zero-order valence-electron chi connectivity index (χ0n) is 11.1. The summed E-state index contributed by atoms with van der Waals surface area (Å²) in [6, 6.07) is 10.8. The summed E-state index contributed by atoms with van der Waals surface area (Å²) in [6.45, 7) is 6.42. The lowest BCUT2D eigenvalue weighted by Gasteiger charge is -2.18.